The molecule has 9 aromatic carbocycles. The molecule has 3 aromatic heterocycles. The van der Waals surface area contributed by atoms with Crippen LogP contribution in [0.1, 0.15) is 11.5 Å². The van der Waals surface area contributed by atoms with Gasteiger partial charge in [0.25, 0.3) is 0 Å². The van der Waals surface area contributed by atoms with Gasteiger partial charge < -0.3 is 18.6 Å². The molecule has 12 aromatic rings. The summed E-state index contributed by atoms with van der Waals surface area (Å²) >= 11 is 0. The van der Waals surface area contributed by atoms with E-state index in [9.17, 15) is 0 Å². The molecule has 0 amide bonds. The van der Waals surface area contributed by atoms with E-state index in [0.29, 0.717) is 0 Å². The summed E-state index contributed by atoms with van der Waals surface area (Å²) in [5.41, 5.74) is 16.7. The third kappa shape index (κ3) is 5.01. The van der Waals surface area contributed by atoms with Crippen LogP contribution in [0.3, 0.4) is 0 Å². The molecule has 1 aliphatic heterocycles. The van der Waals surface area contributed by atoms with Gasteiger partial charge in [0.2, 0.25) is 0 Å². The van der Waals surface area contributed by atoms with Crippen LogP contribution in [0.5, 0.6) is 0 Å². The lowest BCUT2D eigenvalue weighted by molar-refractivity contribution is 0.766. The Kier molecular flexibility index (Phi) is 7.40. The fraction of sp³-hybridized carbons (Fsp3) is 0.0333. The van der Waals surface area contributed by atoms with Crippen molar-refractivity contribution < 1.29 is 0 Å². The minimum atomic E-state index is 0.163. The molecule has 4 nitrogen and oxygen atoms in total. The topological polar surface area (TPSA) is 18.0 Å². The second-order valence-corrected chi connectivity index (χ2v) is 17.1. The van der Waals surface area contributed by atoms with Crippen molar-refractivity contribution in [2.24, 2.45) is 0 Å². The van der Waals surface area contributed by atoms with E-state index in [1.165, 1.54) is 93.5 Å². The van der Waals surface area contributed by atoms with E-state index < -0.39 is 0 Å². The molecule has 0 radical (unpaired) electrons. The standard InChI is InChI=1S/C60H38N4/c1-9-21-55-45(13-1)46-14-2-10-22-56(46)63(55)43-33-35-51-49-17-5-7-19-53(49)61(59(51)37-43)41-29-25-39(26-30-41)40-27-31-42(32-28-40)62-54-20-8-6-18-50(54)52-36-34-44(38-60(52)62)64-57-23-11-3-15-47(57)48-16-4-12-24-58(48)64/h1-3,5-15,17-38,48,58H. The molecule has 4 heterocycles. The van der Waals surface area contributed by atoms with Crippen molar-refractivity contribution in [3.05, 3.63) is 224 Å². The number of allylic oxidation sites excluding steroid dienone is 1. The number of aromatic nitrogens is 3. The minimum absolute atomic E-state index is 0.163. The van der Waals surface area contributed by atoms with E-state index in [0.717, 1.165) is 17.1 Å². The van der Waals surface area contributed by atoms with Crippen molar-refractivity contribution >= 4 is 76.8 Å². The summed E-state index contributed by atoms with van der Waals surface area (Å²) in [5.74, 6) is 6.91. The number of rotatable bonds is 5. The van der Waals surface area contributed by atoms with Crippen LogP contribution in [-0.2, 0) is 0 Å². The highest BCUT2D eigenvalue weighted by atomic mass is 15.2. The average Bonchev–Trinajstić information content (AvgIpc) is 4.09. The lowest BCUT2D eigenvalue weighted by Gasteiger charge is -2.28. The minimum Gasteiger partial charge on any atom is -0.333 e. The molecule has 4 heteroatoms. The maximum Gasteiger partial charge on any atom is 0.0719 e. The Balaban J connectivity index is 0.847. The van der Waals surface area contributed by atoms with Gasteiger partial charge in [0.1, 0.15) is 0 Å². The number of anilines is 2. The van der Waals surface area contributed by atoms with Crippen molar-refractivity contribution in [1.29, 1.82) is 0 Å². The number of hydrogen-bond acceptors (Lipinski definition) is 1. The van der Waals surface area contributed by atoms with Gasteiger partial charge in [0.15, 0.2) is 0 Å². The first-order valence-corrected chi connectivity index (χ1v) is 22.1. The van der Waals surface area contributed by atoms with Gasteiger partial charge >= 0.3 is 0 Å². The van der Waals surface area contributed by atoms with Crippen molar-refractivity contribution in [1.82, 2.24) is 13.7 Å². The van der Waals surface area contributed by atoms with Crippen LogP contribution in [0.25, 0.3) is 93.6 Å². The van der Waals surface area contributed by atoms with Crippen LogP contribution in [0, 0.1) is 11.8 Å². The van der Waals surface area contributed by atoms with Crippen LogP contribution in [0.15, 0.2) is 218 Å². The van der Waals surface area contributed by atoms with Gasteiger partial charge in [-0.15, -0.1) is 0 Å². The summed E-state index contributed by atoms with van der Waals surface area (Å²) in [4.78, 5) is 2.47. The molecule has 0 N–H and O–H groups in total. The highest BCUT2D eigenvalue weighted by Gasteiger charge is 2.37. The molecule has 14 rings (SSSR count). The zero-order valence-corrected chi connectivity index (χ0v) is 34.7. The van der Waals surface area contributed by atoms with Crippen LogP contribution < -0.4 is 4.90 Å². The second-order valence-electron chi connectivity index (χ2n) is 17.1. The summed E-state index contributed by atoms with van der Waals surface area (Å²) in [5, 5.41) is 7.51. The number of nitrogens with zero attached hydrogens (tertiary/aromatic N) is 4. The van der Waals surface area contributed by atoms with Gasteiger partial charge in [-0.05, 0) is 102 Å². The first-order chi connectivity index (χ1) is 31.8. The molecular formula is C60H38N4. The van der Waals surface area contributed by atoms with Gasteiger partial charge in [-0.25, -0.2) is 0 Å². The number of para-hydroxylation sites is 5. The Morgan fingerprint density at radius 1 is 0.344 bits per heavy atom. The smallest absolute Gasteiger partial charge is 0.0719 e. The van der Waals surface area contributed by atoms with Crippen LogP contribution in [0.4, 0.5) is 11.4 Å². The van der Waals surface area contributed by atoms with E-state index in [1.807, 2.05) is 6.08 Å². The van der Waals surface area contributed by atoms with E-state index in [1.54, 1.807) is 0 Å². The number of fused-ring (bicyclic) bond motifs is 12. The molecule has 0 saturated carbocycles. The van der Waals surface area contributed by atoms with E-state index >= 15 is 0 Å². The predicted molar refractivity (Wildman–Crippen MR) is 267 cm³/mol. The van der Waals surface area contributed by atoms with Gasteiger partial charge in [-0.3, -0.25) is 0 Å². The molecule has 0 spiro atoms. The molecule has 0 fully saturated rings. The summed E-state index contributed by atoms with van der Waals surface area (Å²) in [6, 6.07) is 75.9. The molecule has 64 heavy (non-hydrogen) atoms. The van der Waals surface area contributed by atoms with Gasteiger partial charge in [0.05, 0.1) is 45.1 Å². The van der Waals surface area contributed by atoms with E-state index in [2.05, 4.69) is 243 Å². The Labute approximate surface area is 369 Å². The molecule has 2 atom stereocenters. The number of hydrogen-bond donors (Lipinski definition) is 0. The third-order valence-electron chi connectivity index (χ3n) is 13.8. The fourth-order valence-electron chi connectivity index (χ4n) is 11.0. The molecule has 0 saturated heterocycles. The Hall–Kier alpha value is -8.52. The zero-order valence-electron chi connectivity index (χ0n) is 34.7. The number of benzene rings is 9. The first kappa shape index (κ1) is 35.1. The summed E-state index contributed by atoms with van der Waals surface area (Å²) in [6.45, 7) is 0. The molecule has 2 aliphatic rings. The summed E-state index contributed by atoms with van der Waals surface area (Å²) in [6.07, 6.45) is 4.28. The zero-order chi connectivity index (χ0) is 41.9. The van der Waals surface area contributed by atoms with Crippen LogP contribution >= 0.6 is 0 Å². The third-order valence-corrected chi connectivity index (χ3v) is 13.8. The van der Waals surface area contributed by atoms with Gasteiger partial charge in [-0.2, -0.15) is 0 Å². The highest BCUT2D eigenvalue weighted by Crippen LogP contribution is 2.47. The van der Waals surface area contributed by atoms with Crippen molar-refractivity contribution in [2.75, 3.05) is 4.90 Å². The summed E-state index contributed by atoms with van der Waals surface area (Å²) < 4.78 is 7.25. The maximum absolute atomic E-state index is 3.51. The van der Waals surface area contributed by atoms with Crippen molar-refractivity contribution in [2.45, 2.75) is 12.0 Å². The Morgan fingerprint density at radius 2 is 0.750 bits per heavy atom. The normalized spacial score (nSPS) is 15.4. The first-order valence-electron chi connectivity index (χ1n) is 22.1. The molecule has 1 aliphatic carbocycles. The maximum atomic E-state index is 3.51. The van der Waals surface area contributed by atoms with E-state index in [-0.39, 0.29) is 12.0 Å². The summed E-state index contributed by atoms with van der Waals surface area (Å²) in [7, 11) is 0. The van der Waals surface area contributed by atoms with Gasteiger partial charge in [0, 0.05) is 60.8 Å². The lowest BCUT2D eigenvalue weighted by atomic mass is 9.93. The van der Waals surface area contributed by atoms with Gasteiger partial charge in [-0.1, -0.05) is 145 Å². The molecule has 298 valence electrons. The average molecular weight is 815 g/mol. The van der Waals surface area contributed by atoms with E-state index in [4.69, 9.17) is 0 Å². The largest absolute Gasteiger partial charge is 0.333 e. The van der Waals surface area contributed by atoms with Crippen molar-refractivity contribution in [3.8, 4) is 40.0 Å². The molecular weight excluding hydrogens is 777 g/mol. The Morgan fingerprint density at radius 3 is 1.28 bits per heavy atom. The quantitative estimate of drug-likeness (QED) is 0.158. The molecule has 0 bridgehead atoms. The molecule has 2 unspecified atom stereocenters. The lowest BCUT2D eigenvalue weighted by Crippen LogP contribution is -2.28. The predicted octanol–water partition coefficient (Wildman–Crippen LogP) is 14.8. The van der Waals surface area contributed by atoms with Crippen LogP contribution in [-0.4, -0.2) is 19.7 Å². The monoisotopic (exact) mass is 814 g/mol. The fourth-order valence-corrected chi connectivity index (χ4v) is 11.0. The SMILES string of the molecule is C1#CC2c3ccccc3N(c3ccc4c5ccccc5n(-c5ccc(-c6ccc(-n7c8ccccc8c8ccc(-n9c%10ccccc%10c%10ccccc%109)cc87)cc6)cc5)c4c3)C2C=C1. The Bertz CT molecular complexity index is 3920. The van der Waals surface area contributed by atoms with Crippen LogP contribution in [0.2, 0.25) is 0 Å². The highest BCUT2D eigenvalue weighted by molar-refractivity contribution is 6.13. The van der Waals surface area contributed by atoms with Crippen molar-refractivity contribution in [3.63, 3.8) is 0 Å². The second kappa shape index (κ2) is 13.5.